The van der Waals surface area contributed by atoms with E-state index in [0.29, 0.717) is 0 Å². The number of hydrogen-bond acceptors (Lipinski definition) is 0. The van der Waals surface area contributed by atoms with Gasteiger partial charge in [-0.1, -0.05) is 35.9 Å². The van der Waals surface area contributed by atoms with Gasteiger partial charge in [-0.25, -0.2) is 12.2 Å². The Morgan fingerprint density at radius 2 is 1.56 bits per heavy atom. The zero-order valence-corrected chi connectivity index (χ0v) is 12.8. The van der Waals surface area contributed by atoms with Crippen LogP contribution in [0.1, 0.15) is 12.0 Å². The molecule has 0 fully saturated rings. The summed E-state index contributed by atoms with van der Waals surface area (Å²) in [6.45, 7) is 2.08. The number of rotatable bonds is 0. The van der Waals surface area contributed by atoms with Gasteiger partial charge in [0, 0.05) is 0 Å². The van der Waals surface area contributed by atoms with E-state index in [4.69, 9.17) is 0 Å². The van der Waals surface area contributed by atoms with Gasteiger partial charge in [0.05, 0.1) is 0 Å². The van der Waals surface area contributed by atoms with Crippen LogP contribution in [0.25, 0.3) is 0 Å². The molecule has 1 aromatic carbocycles. The molecule has 0 bridgehead atoms. The van der Waals surface area contributed by atoms with E-state index in [9.17, 15) is 0 Å². The average molecular weight is 311 g/mol. The molecule has 16 heavy (non-hydrogen) atoms. The first-order chi connectivity index (χ1) is 5.89. The van der Waals surface area contributed by atoms with Crippen LogP contribution in [0.2, 0.25) is 0 Å². The Labute approximate surface area is 132 Å². The van der Waals surface area contributed by atoms with Crippen molar-refractivity contribution in [1.29, 1.82) is 0 Å². The zero-order valence-electron chi connectivity index (χ0n) is 8.96. The number of allylic oxidation sites excluding steroid dienone is 4. The van der Waals surface area contributed by atoms with Crippen molar-refractivity contribution in [3.8, 4) is 0 Å². The third kappa shape index (κ3) is 14.3. The zero-order chi connectivity index (χ0) is 8.65. The van der Waals surface area contributed by atoms with Crippen molar-refractivity contribution < 1.29 is 58.9 Å². The summed E-state index contributed by atoms with van der Waals surface area (Å²) in [6.07, 6.45) is 10.0. The summed E-state index contributed by atoms with van der Waals surface area (Å²) in [5, 5.41) is 0. The maximum absolute atomic E-state index is 2.99. The number of benzene rings is 1. The summed E-state index contributed by atoms with van der Waals surface area (Å²) in [4.78, 5) is 0. The van der Waals surface area contributed by atoms with Crippen LogP contribution in [0, 0.1) is 13.0 Å². The molecular weight excluding hydrogens is 298 g/mol. The van der Waals surface area contributed by atoms with Gasteiger partial charge >= 0.3 is 21.7 Å². The molecule has 2 rings (SSSR count). The molecule has 0 unspecified atom stereocenters. The van der Waals surface area contributed by atoms with Crippen LogP contribution in [0.3, 0.4) is 0 Å². The quantitative estimate of drug-likeness (QED) is 0.331. The normalized spacial score (nSPS) is 9.31. The Hall–Kier alpha value is 0.284. The van der Waals surface area contributed by atoms with Crippen molar-refractivity contribution in [3.63, 3.8) is 0 Å². The molecule has 1 aliphatic carbocycles. The molecular formula is C12H13Cl3Ti. The fourth-order valence-corrected chi connectivity index (χ4v) is 0.875. The second-order valence-corrected chi connectivity index (χ2v) is 2.66. The smallest absolute Gasteiger partial charge is 1.00 e. The van der Waals surface area contributed by atoms with Gasteiger partial charge in [0.2, 0.25) is 0 Å². The van der Waals surface area contributed by atoms with Gasteiger partial charge in [0.25, 0.3) is 0 Å². The molecule has 0 amide bonds. The molecule has 0 aliphatic heterocycles. The van der Waals surface area contributed by atoms with Crippen LogP contribution in [0.15, 0.2) is 48.6 Å². The first-order valence-electron chi connectivity index (χ1n) is 4.13. The number of aryl methyl sites for hydroxylation is 1. The molecule has 0 spiro atoms. The Kier molecular flexibility index (Phi) is 27.8. The maximum atomic E-state index is 2.99. The van der Waals surface area contributed by atoms with Gasteiger partial charge < -0.3 is 37.2 Å². The van der Waals surface area contributed by atoms with Crippen molar-refractivity contribution >= 4 is 0 Å². The van der Waals surface area contributed by atoms with Crippen LogP contribution in [0.5, 0.6) is 0 Å². The molecule has 0 atom stereocenters. The average Bonchev–Trinajstić information content (AvgIpc) is 2.62. The van der Waals surface area contributed by atoms with Crippen molar-refractivity contribution in [2.24, 2.45) is 0 Å². The molecule has 0 heterocycles. The SMILES string of the molecule is Cc1ccccc1.[C-]1=CC=CC1.[Cl-].[Cl-].[Cl-].[Ti+4]. The standard InChI is InChI=1S/C7H8.C5H5.3ClH.Ti/c1-7-5-3-2-4-6-7;1-2-4-5-3-1;;;;/h2-6H,1H3;1-3H,4H2;3*1H;/q;-1;;;;+4/p-3. The van der Waals surface area contributed by atoms with Crippen LogP contribution in [-0.2, 0) is 21.7 Å². The molecule has 0 aromatic heterocycles. The molecule has 86 valence electrons. The van der Waals surface area contributed by atoms with E-state index in [2.05, 4.69) is 31.2 Å². The van der Waals surface area contributed by atoms with Gasteiger partial charge in [-0.15, -0.1) is 6.42 Å². The fraction of sp³-hybridized carbons (Fsp3) is 0.167. The van der Waals surface area contributed by atoms with Crippen molar-refractivity contribution in [1.82, 2.24) is 0 Å². The largest absolute Gasteiger partial charge is 4.00 e. The summed E-state index contributed by atoms with van der Waals surface area (Å²) in [7, 11) is 0. The Morgan fingerprint density at radius 3 is 1.75 bits per heavy atom. The Morgan fingerprint density at radius 1 is 1.00 bits per heavy atom. The molecule has 0 radical (unpaired) electrons. The van der Waals surface area contributed by atoms with E-state index in [1.165, 1.54) is 5.56 Å². The van der Waals surface area contributed by atoms with E-state index < -0.39 is 0 Å². The molecule has 0 saturated heterocycles. The Balaban J connectivity index is -0.0000000739. The van der Waals surface area contributed by atoms with Crippen LogP contribution in [-0.4, -0.2) is 0 Å². The third-order valence-corrected chi connectivity index (χ3v) is 1.53. The predicted molar refractivity (Wildman–Crippen MR) is 52.7 cm³/mol. The molecule has 4 heteroatoms. The summed E-state index contributed by atoms with van der Waals surface area (Å²) >= 11 is 0. The molecule has 0 N–H and O–H groups in total. The maximum Gasteiger partial charge on any atom is 4.00 e. The number of halogens is 3. The fourth-order valence-electron chi connectivity index (χ4n) is 0.875. The summed E-state index contributed by atoms with van der Waals surface area (Å²) in [5.41, 5.74) is 1.32. The van der Waals surface area contributed by atoms with Crippen molar-refractivity contribution in [2.45, 2.75) is 13.3 Å². The first kappa shape index (κ1) is 25.2. The summed E-state index contributed by atoms with van der Waals surface area (Å²) in [5.74, 6) is 0. The first-order valence-corrected chi connectivity index (χ1v) is 4.13. The minimum absolute atomic E-state index is 0. The second kappa shape index (κ2) is 17.7. The van der Waals surface area contributed by atoms with E-state index in [-0.39, 0.29) is 58.9 Å². The predicted octanol–water partition coefficient (Wildman–Crippen LogP) is -5.69. The van der Waals surface area contributed by atoms with Gasteiger partial charge in [0.15, 0.2) is 0 Å². The van der Waals surface area contributed by atoms with Crippen molar-refractivity contribution in [2.75, 3.05) is 0 Å². The van der Waals surface area contributed by atoms with Gasteiger partial charge in [-0.05, 0) is 6.92 Å². The minimum Gasteiger partial charge on any atom is -1.00 e. The minimum atomic E-state index is 0. The van der Waals surface area contributed by atoms with Gasteiger partial charge in [-0.3, -0.25) is 6.08 Å². The van der Waals surface area contributed by atoms with E-state index in [0.717, 1.165) is 6.42 Å². The molecule has 0 saturated carbocycles. The van der Waals surface area contributed by atoms with Crippen LogP contribution < -0.4 is 37.2 Å². The topological polar surface area (TPSA) is 0 Å². The van der Waals surface area contributed by atoms with Gasteiger partial charge in [0.1, 0.15) is 0 Å². The summed E-state index contributed by atoms with van der Waals surface area (Å²) in [6, 6.07) is 10.3. The van der Waals surface area contributed by atoms with Crippen LogP contribution in [0.4, 0.5) is 0 Å². The van der Waals surface area contributed by atoms with E-state index >= 15 is 0 Å². The number of hydrogen-bond donors (Lipinski definition) is 0. The van der Waals surface area contributed by atoms with Crippen LogP contribution >= 0.6 is 0 Å². The summed E-state index contributed by atoms with van der Waals surface area (Å²) < 4.78 is 0. The van der Waals surface area contributed by atoms with E-state index in [1.54, 1.807) is 0 Å². The third-order valence-electron chi connectivity index (χ3n) is 1.53. The monoisotopic (exact) mass is 310 g/mol. The molecule has 0 nitrogen and oxygen atoms in total. The van der Waals surface area contributed by atoms with E-state index in [1.807, 2.05) is 30.4 Å². The van der Waals surface area contributed by atoms with Crippen molar-refractivity contribution in [3.05, 3.63) is 60.2 Å². The van der Waals surface area contributed by atoms with Gasteiger partial charge in [-0.2, -0.15) is 6.08 Å². The second-order valence-electron chi connectivity index (χ2n) is 2.66. The Bertz CT molecular complexity index is 261. The molecule has 1 aliphatic rings. The molecule has 1 aromatic rings.